The predicted molar refractivity (Wildman–Crippen MR) is 91.4 cm³/mol. The van der Waals surface area contributed by atoms with E-state index in [1.165, 1.54) is 0 Å². The lowest BCUT2D eigenvalue weighted by molar-refractivity contribution is -0.128. The number of carbonyl (C=O) groups excluding carboxylic acids is 2. The van der Waals surface area contributed by atoms with Crippen LogP contribution in [-0.4, -0.2) is 49.1 Å². The van der Waals surface area contributed by atoms with Gasteiger partial charge in [0.25, 0.3) is 5.91 Å². The van der Waals surface area contributed by atoms with Crippen molar-refractivity contribution >= 4 is 17.9 Å². The van der Waals surface area contributed by atoms with Gasteiger partial charge in [0.2, 0.25) is 5.91 Å². The van der Waals surface area contributed by atoms with Crippen LogP contribution in [0.4, 0.5) is 0 Å². The number of amides is 2. The lowest BCUT2D eigenvalue weighted by atomic mass is 10.1. The zero-order valence-corrected chi connectivity index (χ0v) is 13.9. The summed E-state index contributed by atoms with van der Waals surface area (Å²) in [5.41, 5.74) is 5.91. The Labute approximate surface area is 142 Å². The highest BCUT2D eigenvalue weighted by Gasteiger charge is 2.21. The largest absolute Gasteiger partial charge is 0.484 e. The lowest BCUT2D eigenvalue weighted by Crippen LogP contribution is -2.40. The third kappa shape index (κ3) is 5.70. The first kappa shape index (κ1) is 18.0. The predicted octanol–water partition coefficient (Wildman–Crippen LogP) is 1.59. The average molecular weight is 332 g/mol. The van der Waals surface area contributed by atoms with Crippen LogP contribution in [0.2, 0.25) is 0 Å². The van der Waals surface area contributed by atoms with Gasteiger partial charge < -0.3 is 20.1 Å². The van der Waals surface area contributed by atoms with E-state index >= 15 is 0 Å². The van der Waals surface area contributed by atoms with Crippen LogP contribution in [0, 0.1) is 0 Å². The summed E-state index contributed by atoms with van der Waals surface area (Å²) in [6.45, 7) is 4.02. The Balaban J connectivity index is 1.82. The number of nitrogens with zero attached hydrogens (tertiary/aromatic N) is 1. The molecular formula is C18H24N2O4. The van der Waals surface area contributed by atoms with Crippen LogP contribution in [-0.2, 0) is 14.3 Å². The van der Waals surface area contributed by atoms with Gasteiger partial charge in [-0.25, -0.2) is 0 Å². The Bertz CT molecular complexity index is 575. The average Bonchev–Trinajstić information content (AvgIpc) is 2.59. The van der Waals surface area contributed by atoms with Crippen molar-refractivity contribution in [1.29, 1.82) is 0 Å². The van der Waals surface area contributed by atoms with Crippen molar-refractivity contribution in [1.82, 2.24) is 4.90 Å². The van der Waals surface area contributed by atoms with Gasteiger partial charge in [-0.2, -0.15) is 0 Å². The highest BCUT2D eigenvalue weighted by Crippen LogP contribution is 2.15. The number of likely N-dealkylation sites (tertiary alicyclic amines) is 1. The molecule has 1 heterocycles. The topological polar surface area (TPSA) is 81.9 Å². The quantitative estimate of drug-likeness (QED) is 0.769. The Morgan fingerprint density at radius 2 is 1.92 bits per heavy atom. The zero-order valence-electron chi connectivity index (χ0n) is 13.9. The first-order chi connectivity index (χ1) is 11.6. The number of hydrogen-bond donors (Lipinski definition) is 1. The van der Waals surface area contributed by atoms with Crippen LogP contribution < -0.4 is 10.5 Å². The summed E-state index contributed by atoms with van der Waals surface area (Å²) in [7, 11) is 0. The van der Waals surface area contributed by atoms with Crippen LogP contribution in [0.1, 0.15) is 25.3 Å². The first-order valence-electron chi connectivity index (χ1n) is 8.18. The van der Waals surface area contributed by atoms with Gasteiger partial charge in [0.1, 0.15) is 5.75 Å². The minimum Gasteiger partial charge on any atom is -0.484 e. The standard InChI is InChI=1S/C18H24N2O4/c1-2-23-16-9-11-20(12-10-16)18(22)8-5-14-3-6-15(7-4-14)24-13-17(19)21/h3-8,16H,2,9-13H2,1H3,(H2,19,21)/b8-5-. The van der Waals surface area contributed by atoms with Crippen molar-refractivity contribution in [2.75, 3.05) is 26.3 Å². The molecule has 2 rings (SSSR count). The molecule has 6 heteroatoms. The first-order valence-corrected chi connectivity index (χ1v) is 8.18. The fraction of sp³-hybridized carbons (Fsp3) is 0.444. The maximum atomic E-state index is 12.2. The van der Waals surface area contributed by atoms with Crippen LogP contribution >= 0.6 is 0 Å². The molecule has 0 saturated carbocycles. The van der Waals surface area contributed by atoms with Gasteiger partial charge in [0.05, 0.1) is 6.10 Å². The van der Waals surface area contributed by atoms with Crippen LogP contribution in [0.15, 0.2) is 30.3 Å². The Hall–Kier alpha value is -2.34. The summed E-state index contributed by atoms with van der Waals surface area (Å²) < 4.78 is 10.8. The van der Waals surface area contributed by atoms with Crippen LogP contribution in [0.3, 0.4) is 0 Å². The number of carbonyl (C=O) groups is 2. The molecule has 0 bridgehead atoms. The SMILES string of the molecule is CCOC1CCN(C(=O)/C=C\c2ccc(OCC(N)=O)cc2)CC1. The number of hydrogen-bond acceptors (Lipinski definition) is 4. The monoisotopic (exact) mass is 332 g/mol. The van der Waals surface area contributed by atoms with Gasteiger partial charge in [-0.15, -0.1) is 0 Å². The minimum atomic E-state index is -0.516. The molecule has 130 valence electrons. The fourth-order valence-electron chi connectivity index (χ4n) is 2.58. The second-order valence-corrected chi connectivity index (χ2v) is 5.64. The van der Waals surface area contributed by atoms with Crippen LogP contribution in [0.25, 0.3) is 6.08 Å². The lowest BCUT2D eigenvalue weighted by Gasteiger charge is -2.31. The van der Waals surface area contributed by atoms with Gasteiger partial charge in [0.15, 0.2) is 6.61 Å². The molecule has 0 atom stereocenters. The van der Waals surface area contributed by atoms with Crippen molar-refractivity contribution in [3.63, 3.8) is 0 Å². The van der Waals surface area contributed by atoms with Gasteiger partial charge in [-0.1, -0.05) is 12.1 Å². The number of nitrogens with two attached hydrogens (primary N) is 1. The maximum Gasteiger partial charge on any atom is 0.255 e. The molecule has 24 heavy (non-hydrogen) atoms. The summed E-state index contributed by atoms with van der Waals surface area (Å²) >= 11 is 0. The van der Waals surface area contributed by atoms with E-state index in [1.54, 1.807) is 24.3 Å². The van der Waals surface area contributed by atoms with E-state index in [0.29, 0.717) is 5.75 Å². The zero-order chi connectivity index (χ0) is 17.4. The van der Waals surface area contributed by atoms with Crippen LogP contribution in [0.5, 0.6) is 5.75 Å². The highest BCUT2D eigenvalue weighted by molar-refractivity contribution is 5.91. The van der Waals surface area contributed by atoms with Crippen molar-refractivity contribution < 1.29 is 19.1 Å². The maximum absolute atomic E-state index is 12.2. The fourth-order valence-corrected chi connectivity index (χ4v) is 2.58. The summed E-state index contributed by atoms with van der Waals surface area (Å²) in [5, 5.41) is 0. The van der Waals surface area contributed by atoms with Crippen molar-refractivity contribution in [3.8, 4) is 5.75 Å². The Morgan fingerprint density at radius 3 is 2.50 bits per heavy atom. The molecule has 1 aliphatic heterocycles. The van der Waals surface area contributed by atoms with Gasteiger partial charge in [-0.3, -0.25) is 9.59 Å². The van der Waals surface area contributed by atoms with E-state index in [-0.39, 0.29) is 18.6 Å². The summed E-state index contributed by atoms with van der Waals surface area (Å²) in [5.74, 6) is 0.0620. The molecule has 2 N–H and O–H groups in total. The van der Waals surface area contributed by atoms with Crippen molar-refractivity contribution in [3.05, 3.63) is 35.9 Å². The number of ether oxygens (including phenoxy) is 2. The summed E-state index contributed by atoms with van der Waals surface area (Å²) in [4.78, 5) is 24.7. The smallest absolute Gasteiger partial charge is 0.255 e. The van der Waals surface area contributed by atoms with E-state index in [2.05, 4.69) is 0 Å². The molecule has 0 spiro atoms. The number of piperidine rings is 1. The second-order valence-electron chi connectivity index (χ2n) is 5.64. The van der Waals surface area contributed by atoms with E-state index in [9.17, 15) is 9.59 Å². The normalized spacial score (nSPS) is 15.6. The molecule has 1 aromatic carbocycles. The molecule has 1 saturated heterocycles. The van der Waals surface area contributed by atoms with Crippen molar-refractivity contribution in [2.24, 2.45) is 5.73 Å². The van der Waals surface area contributed by atoms with Gasteiger partial charge in [-0.05, 0) is 43.5 Å². The molecule has 1 aliphatic rings. The highest BCUT2D eigenvalue weighted by atomic mass is 16.5. The summed E-state index contributed by atoms with van der Waals surface area (Å²) in [6, 6.07) is 7.12. The third-order valence-electron chi connectivity index (χ3n) is 3.84. The van der Waals surface area contributed by atoms with E-state index < -0.39 is 5.91 Å². The van der Waals surface area contributed by atoms with E-state index in [4.69, 9.17) is 15.2 Å². The molecule has 1 fully saturated rings. The molecule has 2 amide bonds. The molecule has 0 aliphatic carbocycles. The third-order valence-corrected chi connectivity index (χ3v) is 3.84. The molecular weight excluding hydrogens is 308 g/mol. The van der Waals surface area contributed by atoms with E-state index in [1.807, 2.05) is 24.0 Å². The number of primary amides is 1. The molecule has 0 radical (unpaired) electrons. The molecule has 0 unspecified atom stereocenters. The number of benzene rings is 1. The van der Waals surface area contributed by atoms with Gasteiger partial charge in [0, 0.05) is 25.8 Å². The second kappa shape index (κ2) is 9.08. The van der Waals surface area contributed by atoms with Crippen molar-refractivity contribution in [2.45, 2.75) is 25.9 Å². The summed E-state index contributed by atoms with van der Waals surface area (Å²) in [6.07, 6.45) is 5.41. The minimum absolute atomic E-state index is 0.0130. The Morgan fingerprint density at radius 1 is 1.25 bits per heavy atom. The van der Waals surface area contributed by atoms with Gasteiger partial charge >= 0.3 is 0 Å². The molecule has 6 nitrogen and oxygen atoms in total. The molecule has 1 aromatic rings. The number of rotatable bonds is 7. The molecule has 0 aromatic heterocycles. The van der Waals surface area contributed by atoms with E-state index in [0.717, 1.165) is 38.1 Å². The Kier molecular flexibility index (Phi) is 6.81.